The second kappa shape index (κ2) is 14.5. The zero-order valence-electron chi connectivity index (χ0n) is 14.8. The van der Waals surface area contributed by atoms with E-state index in [4.69, 9.17) is 5.73 Å². The van der Waals surface area contributed by atoms with Gasteiger partial charge in [-0.25, -0.2) is 0 Å². The van der Waals surface area contributed by atoms with Crippen molar-refractivity contribution >= 4 is 17.6 Å². The molecule has 0 atom stereocenters. The van der Waals surface area contributed by atoms with Gasteiger partial charge in [-0.15, -0.1) is 0 Å². The fraction of sp³-hybridized carbons (Fsp3) is 0.812. The predicted octanol–water partition coefficient (Wildman–Crippen LogP) is 1.47. The highest BCUT2D eigenvalue weighted by Crippen LogP contribution is 2.12. The van der Waals surface area contributed by atoms with E-state index >= 15 is 0 Å². The molecule has 1 heterocycles. The van der Waals surface area contributed by atoms with Crippen LogP contribution in [0.5, 0.6) is 0 Å². The van der Waals surface area contributed by atoms with Crippen LogP contribution in [0.1, 0.15) is 60.3 Å². The number of carbonyl (C=O) groups excluding carboxylic acids is 3. The van der Waals surface area contributed by atoms with Crippen LogP contribution in [-0.4, -0.2) is 48.2 Å². The van der Waals surface area contributed by atoms with E-state index in [2.05, 4.69) is 5.32 Å². The Bertz CT molecular complexity index is 325. The molecule has 1 fully saturated rings. The van der Waals surface area contributed by atoms with Crippen LogP contribution in [0.2, 0.25) is 0 Å². The monoisotopic (exact) mass is 315 g/mol. The Labute approximate surface area is 134 Å². The first-order chi connectivity index (χ1) is 10.5. The fourth-order valence-corrected chi connectivity index (χ4v) is 2.00. The average Bonchev–Trinajstić information content (AvgIpc) is 2.56. The van der Waals surface area contributed by atoms with Gasteiger partial charge in [-0.05, 0) is 19.8 Å². The molecule has 0 radical (unpaired) electrons. The fourth-order valence-electron chi connectivity index (χ4n) is 2.00. The standard InChI is InChI=1S/C12H21N3O3.2C2H6/c1-9(16)2-3-12(18)15-6-4-10(5-7-15)14-11(17)8-13;2*1-2/h10H,2-8,13H2,1H3,(H,14,17);2*1-2H3. The molecule has 1 saturated heterocycles. The molecule has 1 aliphatic heterocycles. The highest BCUT2D eigenvalue weighted by Gasteiger charge is 2.23. The van der Waals surface area contributed by atoms with Crippen LogP contribution in [0.3, 0.4) is 0 Å². The largest absolute Gasteiger partial charge is 0.352 e. The van der Waals surface area contributed by atoms with Gasteiger partial charge in [-0.3, -0.25) is 9.59 Å². The Hall–Kier alpha value is -1.43. The maximum Gasteiger partial charge on any atom is 0.233 e. The molecular formula is C16H33N3O3. The molecule has 130 valence electrons. The summed E-state index contributed by atoms with van der Waals surface area (Å²) in [6, 6.07) is 0.109. The Morgan fingerprint density at radius 1 is 1.05 bits per heavy atom. The van der Waals surface area contributed by atoms with E-state index in [0.29, 0.717) is 19.5 Å². The van der Waals surface area contributed by atoms with Crippen LogP contribution in [0, 0.1) is 0 Å². The first-order valence-corrected chi connectivity index (χ1v) is 8.29. The van der Waals surface area contributed by atoms with Gasteiger partial charge >= 0.3 is 0 Å². The second-order valence-corrected chi connectivity index (χ2v) is 4.63. The van der Waals surface area contributed by atoms with E-state index in [9.17, 15) is 14.4 Å². The van der Waals surface area contributed by atoms with Gasteiger partial charge in [0.1, 0.15) is 5.78 Å². The molecule has 0 saturated carbocycles. The van der Waals surface area contributed by atoms with Crippen molar-refractivity contribution < 1.29 is 14.4 Å². The summed E-state index contributed by atoms with van der Waals surface area (Å²) in [4.78, 5) is 35.4. The van der Waals surface area contributed by atoms with E-state index in [1.165, 1.54) is 6.92 Å². The van der Waals surface area contributed by atoms with E-state index in [1.54, 1.807) is 4.90 Å². The summed E-state index contributed by atoms with van der Waals surface area (Å²) in [5.74, 6) is -0.0985. The summed E-state index contributed by atoms with van der Waals surface area (Å²) >= 11 is 0. The number of ketones is 1. The second-order valence-electron chi connectivity index (χ2n) is 4.63. The van der Waals surface area contributed by atoms with E-state index < -0.39 is 0 Å². The number of nitrogens with two attached hydrogens (primary N) is 1. The SMILES string of the molecule is CC.CC.CC(=O)CCC(=O)N1CCC(NC(=O)CN)CC1. The molecule has 0 aromatic carbocycles. The molecule has 6 nitrogen and oxygen atoms in total. The summed E-state index contributed by atoms with van der Waals surface area (Å²) in [6.07, 6.45) is 2.09. The van der Waals surface area contributed by atoms with Gasteiger partial charge in [0.15, 0.2) is 0 Å². The normalized spacial score (nSPS) is 14.0. The highest BCUT2D eigenvalue weighted by molar-refractivity contribution is 5.83. The molecule has 1 aliphatic rings. The smallest absolute Gasteiger partial charge is 0.233 e. The van der Waals surface area contributed by atoms with Gasteiger partial charge in [-0.2, -0.15) is 0 Å². The summed E-state index contributed by atoms with van der Waals surface area (Å²) in [6.45, 7) is 10.7. The molecule has 0 aromatic rings. The number of nitrogens with zero attached hydrogens (tertiary/aromatic N) is 1. The Balaban J connectivity index is 0. The van der Waals surface area contributed by atoms with Crippen molar-refractivity contribution in [3.63, 3.8) is 0 Å². The zero-order chi connectivity index (χ0) is 17.5. The summed E-state index contributed by atoms with van der Waals surface area (Å²) < 4.78 is 0. The molecular weight excluding hydrogens is 282 g/mol. The molecule has 22 heavy (non-hydrogen) atoms. The number of nitrogens with one attached hydrogen (secondary N) is 1. The number of piperidine rings is 1. The van der Waals surface area contributed by atoms with Crippen molar-refractivity contribution in [1.29, 1.82) is 0 Å². The van der Waals surface area contributed by atoms with Crippen molar-refractivity contribution in [2.24, 2.45) is 5.73 Å². The first-order valence-electron chi connectivity index (χ1n) is 8.29. The van der Waals surface area contributed by atoms with Gasteiger partial charge in [-0.1, -0.05) is 27.7 Å². The molecule has 0 aliphatic carbocycles. The Kier molecular flexibility index (Phi) is 15.1. The topological polar surface area (TPSA) is 92.5 Å². The van der Waals surface area contributed by atoms with Crippen molar-refractivity contribution in [3.05, 3.63) is 0 Å². The highest BCUT2D eigenvalue weighted by atomic mass is 16.2. The molecule has 0 spiro atoms. The van der Waals surface area contributed by atoms with Crippen molar-refractivity contribution in [2.75, 3.05) is 19.6 Å². The third-order valence-electron chi connectivity index (χ3n) is 3.09. The van der Waals surface area contributed by atoms with Gasteiger partial charge in [0.25, 0.3) is 0 Å². The van der Waals surface area contributed by atoms with E-state index in [0.717, 1.165) is 12.8 Å². The lowest BCUT2D eigenvalue weighted by molar-refractivity contribution is -0.134. The maximum absolute atomic E-state index is 11.8. The molecule has 0 aromatic heterocycles. The zero-order valence-corrected chi connectivity index (χ0v) is 14.8. The predicted molar refractivity (Wildman–Crippen MR) is 89.4 cm³/mol. The number of Topliss-reactive ketones (excluding diaryl/α,β-unsaturated/α-hetero) is 1. The lowest BCUT2D eigenvalue weighted by atomic mass is 10.0. The molecule has 3 N–H and O–H groups in total. The summed E-state index contributed by atoms with van der Waals surface area (Å²) in [7, 11) is 0. The van der Waals surface area contributed by atoms with E-state index in [-0.39, 0.29) is 36.6 Å². The van der Waals surface area contributed by atoms with Crippen molar-refractivity contribution in [3.8, 4) is 0 Å². The minimum absolute atomic E-state index is 0.00223. The molecule has 0 bridgehead atoms. The molecule has 2 amide bonds. The number of likely N-dealkylation sites (tertiary alicyclic amines) is 1. The molecule has 0 unspecified atom stereocenters. The van der Waals surface area contributed by atoms with Crippen LogP contribution in [-0.2, 0) is 14.4 Å². The number of hydrogen-bond donors (Lipinski definition) is 2. The number of rotatable bonds is 5. The number of amides is 2. The number of hydrogen-bond acceptors (Lipinski definition) is 4. The third-order valence-corrected chi connectivity index (χ3v) is 3.09. The molecule has 6 heteroatoms. The van der Waals surface area contributed by atoms with Crippen LogP contribution < -0.4 is 11.1 Å². The summed E-state index contributed by atoms with van der Waals surface area (Å²) in [5.41, 5.74) is 5.22. The summed E-state index contributed by atoms with van der Waals surface area (Å²) in [5, 5.41) is 2.82. The lowest BCUT2D eigenvalue weighted by Gasteiger charge is -2.32. The van der Waals surface area contributed by atoms with Gasteiger partial charge in [0, 0.05) is 32.0 Å². The first kappa shape index (κ1) is 22.8. The van der Waals surface area contributed by atoms with Crippen molar-refractivity contribution in [1.82, 2.24) is 10.2 Å². The Morgan fingerprint density at radius 2 is 1.55 bits per heavy atom. The number of carbonyl (C=O) groups is 3. The van der Waals surface area contributed by atoms with Crippen LogP contribution >= 0.6 is 0 Å². The van der Waals surface area contributed by atoms with Crippen LogP contribution in [0.25, 0.3) is 0 Å². The maximum atomic E-state index is 11.8. The average molecular weight is 315 g/mol. The van der Waals surface area contributed by atoms with Gasteiger partial charge in [0.05, 0.1) is 6.54 Å². The Morgan fingerprint density at radius 3 is 1.95 bits per heavy atom. The van der Waals surface area contributed by atoms with Gasteiger partial charge in [0.2, 0.25) is 11.8 Å². The molecule has 1 rings (SSSR count). The minimum atomic E-state index is -0.156. The van der Waals surface area contributed by atoms with E-state index in [1.807, 2.05) is 27.7 Å². The quantitative estimate of drug-likeness (QED) is 0.803. The lowest BCUT2D eigenvalue weighted by Crippen LogP contribution is -2.47. The van der Waals surface area contributed by atoms with Crippen LogP contribution in [0.4, 0.5) is 0 Å². The minimum Gasteiger partial charge on any atom is -0.352 e. The van der Waals surface area contributed by atoms with Gasteiger partial charge < -0.3 is 20.7 Å². The third kappa shape index (κ3) is 10.3. The van der Waals surface area contributed by atoms with Crippen LogP contribution in [0.15, 0.2) is 0 Å². The van der Waals surface area contributed by atoms with Crippen molar-refractivity contribution in [2.45, 2.75) is 66.3 Å².